The molecule has 0 radical (unpaired) electrons. The highest BCUT2D eigenvalue weighted by molar-refractivity contribution is 6.52. The van der Waals surface area contributed by atoms with Gasteiger partial charge in [0.05, 0.1) is 22.6 Å². The molecular weight excluding hydrogens is 444 g/mol. The summed E-state index contributed by atoms with van der Waals surface area (Å²) in [6, 6.07) is 17.4. The topological polar surface area (TPSA) is 115 Å². The summed E-state index contributed by atoms with van der Waals surface area (Å²) in [5, 5.41) is 30.5. The van der Waals surface area contributed by atoms with E-state index in [2.05, 4.69) is 21.7 Å². The van der Waals surface area contributed by atoms with E-state index in [1.807, 2.05) is 18.1 Å². The molecule has 0 atom stereocenters. The van der Waals surface area contributed by atoms with Gasteiger partial charge in [-0.15, -0.1) is 0 Å². The number of carbonyl (C=O) groups excluding carboxylic acids is 1. The lowest BCUT2D eigenvalue weighted by Gasteiger charge is -2.15. The normalized spacial score (nSPS) is 15.7. The fraction of sp³-hybridized carbons (Fsp3) is 0.148. The number of rotatable bonds is 5. The Hall–Kier alpha value is -4.68. The number of aromatic hydroxyl groups is 1. The largest absolute Gasteiger partial charge is 0.505 e. The standard InChI is InChI=1S/C27H22N4O4/c1-16-25(24(15-32)31(30-16)21-12-11-17-5-2-6-18(17)14-21)29-28-23-10-4-9-22(26(23)33)19-7-3-8-20(13-19)27(34)35/h3-4,7-14,28,33H,2,5-6H2,1H3,(H,34,35)/b29-25-. The van der Waals surface area contributed by atoms with E-state index in [-0.39, 0.29) is 17.0 Å². The average Bonchev–Trinajstić information content (AvgIpc) is 3.46. The van der Waals surface area contributed by atoms with Crippen molar-refractivity contribution in [3.8, 4) is 16.9 Å². The molecule has 0 spiro atoms. The molecule has 1 aliphatic carbocycles. The summed E-state index contributed by atoms with van der Waals surface area (Å²) in [6.45, 7) is 1.75. The molecule has 0 bridgehead atoms. The number of anilines is 2. The maximum atomic E-state index is 11.9. The van der Waals surface area contributed by atoms with Crippen LogP contribution < -0.4 is 10.4 Å². The fourth-order valence-electron chi connectivity index (χ4n) is 4.42. The van der Waals surface area contributed by atoms with Gasteiger partial charge < -0.3 is 10.2 Å². The molecule has 0 saturated carbocycles. The minimum Gasteiger partial charge on any atom is -0.505 e. The highest BCUT2D eigenvalue weighted by atomic mass is 16.4. The van der Waals surface area contributed by atoms with Crippen LogP contribution in [0.25, 0.3) is 11.1 Å². The number of hydrogen-bond donors (Lipinski definition) is 3. The summed E-state index contributed by atoms with van der Waals surface area (Å²) >= 11 is 0. The third-order valence-corrected chi connectivity index (χ3v) is 6.20. The Bertz CT molecular complexity index is 1470. The van der Waals surface area contributed by atoms with Crippen LogP contribution in [0.2, 0.25) is 0 Å². The van der Waals surface area contributed by atoms with Gasteiger partial charge in [-0.05, 0) is 73.2 Å². The van der Waals surface area contributed by atoms with E-state index < -0.39 is 5.97 Å². The molecule has 0 saturated heterocycles. The predicted octanol–water partition coefficient (Wildman–Crippen LogP) is 4.63. The molecule has 174 valence electrons. The summed E-state index contributed by atoms with van der Waals surface area (Å²) in [5.74, 6) is 0.805. The van der Waals surface area contributed by atoms with Crippen LogP contribution in [0.3, 0.4) is 0 Å². The Kier molecular flexibility index (Phi) is 5.65. The molecular formula is C27H22N4O4. The Morgan fingerprint density at radius 1 is 1.09 bits per heavy atom. The number of nitrogens with one attached hydrogen (secondary N) is 1. The fourth-order valence-corrected chi connectivity index (χ4v) is 4.42. The second kappa shape index (κ2) is 8.93. The molecule has 8 heteroatoms. The molecule has 35 heavy (non-hydrogen) atoms. The van der Waals surface area contributed by atoms with Crippen molar-refractivity contribution in [2.75, 3.05) is 10.4 Å². The maximum absolute atomic E-state index is 11.9. The molecule has 2 aliphatic rings. The second-order valence-corrected chi connectivity index (χ2v) is 8.41. The van der Waals surface area contributed by atoms with Crippen molar-refractivity contribution in [1.82, 2.24) is 0 Å². The van der Waals surface area contributed by atoms with E-state index in [0.717, 1.165) is 24.9 Å². The highest BCUT2D eigenvalue weighted by Crippen LogP contribution is 2.36. The second-order valence-electron chi connectivity index (χ2n) is 8.41. The van der Waals surface area contributed by atoms with Gasteiger partial charge in [-0.2, -0.15) is 10.2 Å². The van der Waals surface area contributed by atoms with Crippen molar-refractivity contribution in [3.05, 3.63) is 83.1 Å². The van der Waals surface area contributed by atoms with Gasteiger partial charge in [-0.3, -0.25) is 5.43 Å². The van der Waals surface area contributed by atoms with Crippen LogP contribution in [0, 0.1) is 0 Å². The number of phenols is 1. The van der Waals surface area contributed by atoms with Crippen molar-refractivity contribution in [2.24, 2.45) is 10.2 Å². The maximum Gasteiger partial charge on any atom is 0.335 e. The lowest BCUT2D eigenvalue weighted by atomic mass is 10.0. The Balaban J connectivity index is 1.44. The Labute approximate surface area is 201 Å². The van der Waals surface area contributed by atoms with Crippen LogP contribution in [0.4, 0.5) is 11.4 Å². The number of carboxylic acids is 1. The smallest absolute Gasteiger partial charge is 0.335 e. The Morgan fingerprint density at radius 3 is 2.69 bits per heavy atom. The quantitative estimate of drug-likeness (QED) is 0.287. The molecule has 0 amide bonds. The van der Waals surface area contributed by atoms with Crippen LogP contribution in [-0.4, -0.2) is 33.5 Å². The molecule has 0 unspecified atom stereocenters. The zero-order valence-electron chi connectivity index (χ0n) is 18.9. The number of aryl methyl sites for hydroxylation is 2. The van der Waals surface area contributed by atoms with E-state index in [1.165, 1.54) is 28.3 Å². The van der Waals surface area contributed by atoms with Gasteiger partial charge in [0.25, 0.3) is 0 Å². The first-order chi connectivity index (χ1) is 17.0. The first kappa shape index (κ1) is 22.1. The number of benzene rings is 3. The van der Waals surface area contributed by atoms with Crippen LogP contribution in [0.15, 0.2) is 76.6 Å². The number of allylic oxidation sites excluding steroid dienone is 1. The van der Waals surface area contributed by atoms with Gasteiger partial charge in [-0.1, -0.05) is 30.3 Å². The molecule has 1 heterocycles. The monoisotopic (exact) mass is 466 g/mol. The van der Waals surface area contributed by atoms with E-state index >= 15 is 0 Å². The molecule has 3 aromatic carbocycles. The van der Waals surface area contributed by atoms with Crippen LogP contribution in [0.1, 0.15) is 34.8 Å². The number of carbonyl (C=O) groups is 1. The summed E-state index contributed by atoms with van der Waals surface area (Å²) in [6.07, 6.45) is 3.19. The molecule has 3 N–H and O–H groups in total. The van der Waals surface area contributed by atoms with Crippen molar-refractivity contribution in [1.29, 1.82) is 0 Å². The molecule has 8 nitrogen and oxygen atoms in total. The number of hydrogen-bond acceptors (Lipinski definition) is 7. The highest BCUT2D eigenvalue weighted by Gasteiger charge is 2.29. The molecule has 0 aromatic heterocycles. The number of hydrazone groups is 2. The summed E-state index contributed by atoms with van der Waals surface area (Å²) < 4.78 is 0. The van der Waals surface area contributed by atoms with Crippen molar-refractivity contribution < 1.29 is 19.8 Å². The van der Waals surface area contributed by atoms with Crippen LogP contribution >= 0.6 is 0 Å². The van der Waals surface area contributed by atoms with Crippen molar-refractivity contribution in [2.45, 2.75) is 26.2 Å². The van der Waals surface area contributed by atoms with Crippen molar-refractivity contribution >= 4 is 34.7 Å². The number of carboxylic acid groups (broad SMARTS) is 1. The number of phenolic OH excluding ortho intramolecular Hbond substituents is 1. The third kappa shape index (κ3) is 4.07. The van der Waals surface area contributed by atoms with Gasteiger partial charge in [-0.25, -0.2) is 14.6 Å². The first-order valence-corrected chi connectivity index (χ1v) is 11.2. The number of fused-ring (bicyclic) bond motifs is 1. The van der Waals surface area contributed by atoms with Gasteiger partial charge in [0.1, 0.15) is 11.5 Å². The lowest BCUT2D eigenvalue weighted by Crippen LogP contribution is -2.18. The summed E-state index contributed by atoms with van der Waals surface area (Å²) in [7, 11) is 0. The number of aromatic carboxylic acids is 1. The SMILES string of the molecule is CC1=NN(c2ccc3c(c2)CCC3)C(=C=O)/C1=N\Nc1cccc(-c2cccc(C(=O)O)c2)c1O. The van der Waals surface area contributed by atoms with Gasteiger partial charge >= 0.3 is 5.97 Å². The molecule has 5 rings (SSSR count). The molecule has 1 aliphatic heterocycles. The van der Waals surface area contributed by atoms with E-state index in [1.54, 1.807) is 37.3 Å². The minimum atomic E-state index is -1.05. The number of nitrogens with zero attached hydrogens (tertiary/aromatic N) is 3. The zero-order chi connectivity index (χ0) is 24.5. The summed E-state index contributed by atoms with van der Waals surface area (Å²) in [4.78, 5) is 23.2. The summed E-state index contributed by atoms with van der Waals surface area (Å²) in [5.41, 5.74) is 8.62. The van der Waals surface area contributed by atoms with E-state index in [4.69, 9.17) is 0 Å². The van der Waals surface area contributed by atoms with Gasteiger partial charge in [0, 0.05) is 5.56 Å². The first-order valence-electron chi connectivity index (χ1n) is 11.2. The minimum absolute atomic E-state index is 0.0981. The van der Waals surface area contributed by atoms with Crippen molar-refractivity contribution in [3.63, 3.8) is 0 Å². The zero-order valence-corrected chi connectivity index (χ0v) is 18.9. The van der Waals surface area contributed by atoms with Gasteiger partial charge in [0.15, 0.2) is 11.6 Å². The lowest BCUT2D eigenvalue weighted by molar-refractivity contribution is 0.0697. The van der Waals surface area contributed by atoms with Crippen LogP contribution in [-0.2, 0) is 17.6 Å². The predicted molar refractivity (Wildman–Crippen MR) is 135 cm³/mol. The van der Waals surface area contributed by atoms with Crippen LogP contribution in [0.5, 0.6) is 5.75 Å². The van der Waals surface area contributed by atoms with E-state index in [9.17, 15) is 19.8 Å². The molecule has 3 aromatic rings. The third-order valence-electron chi connectivity index (χ3n) is 6.20. The average molecular weight is 466 g/mol. The van der Waals surface area contributed by atoms with E-state index in [0.29, 0.717) is 28.2 Å². The molecule has 0 fully saturated rings. The Morgan fingerprint density at radius 2 is 1.89 bits per heavy atom. The number of para-hydroxylation sites is 1. The van der Waals surface area contributed by atoms with Gasteiger partial charge in [0.2, 0.25) is 0 Å².